The zero-order chi connectivity index (χ0) is 29.6. The highest BCUT2D eigenvalue weighted by Gasteiger charge is 2.19. The second-order valence-corrected chi connectivity index (χ2v) is 9.18. The molecular formula is C31H50Cl2N2O4. The monoisotopic (exact) mass is 584 g/mol. The van der Waals surface area contributed by atoms with Crippen molar-refractivity contribution in [3.8, 4) is 5.75 Å². The molecule has 8 heteroatoms. The Morgan fingerprint density at radius 3 is 1.90 bits per heavy atom. The van der Waals surface area contributed by atoms with Gasteiger partial charge in [0.15, 0.2) is 6.29 Å². The highest BCUT2D eigenvalue weighted by molar-refractivity contribution is 6.34. The number of hydrogen-bond acceptors (Lipinski definition) is 5. The molecule has 0 radical (unpaired) electrons. The lowest BCUT2D eigenvalue weighted by atomic mass is 10.2. The minimum Gasteiger partial charge on any atom is -0.494 e. The van der Waals surface area contributed by atoms with Crippen molar-refractivity contribution in [3.05, 3.63) is 58.6 Å². The molecule has 4 rings (SSSR count). The highest BCUT2D eigenvalue weighted by Crippen LogP contribution is 2.21. The van der Waals surface area contributed by atoms with Crippen molar-refractivity contribution in [1.29, 1.82) is 0 Å². The summed E-state index contributed by atoms with van der Waals surface area (Å²) >= 11 is 11.1. The molecule has 6 nitrogen and oxygen atoms in total. The van der Waals surface area contributed by atoms with E-state index >= 15 is 0 Å². The number of piperazine rings is 1. The second-order valence-electron chi connectivity index (χ2n) is 8.30. The van der Waals surface area contributed by atoms with E-state index < -0.39 is 0 Å². The van der Waals surface area contributed by atoms with Gasteiger partial charge in [-0.25, -0.2) is 0 Å². The smallest absolute Gasteiger partial charge is 0.219 e. The van der Waals surface area contributed by atoms with Gasteiger partial charge >= 0.3 is 0 Å². The Bertz CT molecular complexity index is 858. The Morgan fingerprint density at radius 2 is 1.51 bits per heavy atom. The largest absolute Gasteiger partial charge is 0.494 e. The normalized spacial score (nSPS) is 17.9. The number of halogens is 2. The summed E-state index contributed by atoms with van der Waals surface area (Å²) in [6.45, 7) is 20.7. The minimum atomic E-state index is 0.0637. The molecule has 2 aromatic carbocycles. The highest BCUT2D eigenvalue weighted by atomic mass is 35.5. The third-order valence-corrected chi connectivity index (χ3v) is 6.04. The van der Waals surface area contributed by atoms with Gasteiger partial charge in [0.2, 0.25) is 5.91 Å². The molecule has 0 saturated carbocycles. The quantitative estimate of drug-likeness (QED) is 0.361. The van der Waals surface area contributed by atoms with E-state index in [-0.39, 0.29) is 12.2 Å². The summed E-state index contributed by atoms with van der Waals surface area (Å²) in [6.07, 6.45) is 2.46. The van der Waals surface area contributed by atoms with Crippen LogP contribution >= 0.6 is 23.2 Å². The van der Waals surface area contributed by atoms with Gasteiger partial charge in [-0.2, -0.15) is 0 Å². The molecule has 0 spiro atoms. The van der Waals surface area contributed by atoms with Crippen LogP contribution in [0.4, 0.5) is 5.69 Å². The molecule has 0 aliphatic carbocycles. The molecule has 222 valence electrons. The molecule has 1 amide bonds. The summed E-state index contributed by atoms with van der Waals surface area (Å²) in [7, 11) is 0. The Labute approximate surface area is 247 Å². The SMILES string of the molecule is CC.CC.CCC1OCCC(C)O1.CCOc1ccc(N2CCN(C(C)=O)CC2)cc1.Clc1cccc(Cl)c1. The van der Waals surface area contributed by atoms with Crippen molar-refractivity contribution in [3.63, 3.8) is 0 Å². The van der Waals surface area contributed by atoms with Crippen LogP contribution in [0.3, 0.4) is 0 Å². The third kappa shape index (κ3) is 16.0. The van der Waals surface area contributed by atoms with Crippen LogP contribution in [0.5, 0.6) is 5.75 Å². The van der Waals surface area contributed by atoms with E-state index in [0.29, 0.717) is 22.8 Å². The fraction of sp³-hybridized carbons (Fsp3) is 0.581. The average Bonchev–Trinajstić information content (AvgIpc) is 2.96. The number of carbonyl (C=O) groups excluding carboxylic acids is 1. The number of ether oxygens (including phenoxy) is 3. The Hall–Kier alpha value is -1.99. The Balaban J connectivity index is 0.000000576. The van der Waals surface area contributed by atoms with Gasteiger partial charge < -0.3 is 24.0 Å². The summed E-state index contributed by atoms with van der Waals surface area (Å²) in [5.41, 5.74) is 1.20. The lowest BCUT2D eigenvalue weighted by Crippen LogP contribution is -2.48. The molecular weight excluding hydrogens is 535 g/mol. The van der Waals surface area contributed by atoms with Crippen LogP contribution in [-0.4, -0.2) is 62.6 Å². The fourth-order valence-electron chi connectivity index (χ4n) is 3.61. The standard InChI is InChI=1S/C14H20N2O2.C7H14O2.C6H4Cl2.2C2H6/c1-3-18-14-6-4-13(5-7-14)16-10-8-15(9-11-16)12(2)17;1-3-7-8-5-4-6(2)9-7;7-5-2-1-3-6(8)4-5;2*1-2/h4-7H,3,8-11H2,1-2H3;6-7H,3-5H2,1-2H3;1-4H;2*1-2H3. The molecule has 2 saturated heterocycles. The van der Waals surface area contributed by atoms with Gasteiger partial charge in [-0.1, -0.05) is 63.9 Å². The molecule has 2 aromatic rings. The van der Waals surface area contributed by atoms with Crippen LogP contribution in [0.2, 0.25) is 10.0 Å². The van der Waals surface area contributed by atoms with Crippen molar-refractivity contribution < 1.29 is 19.0 Å². The van der Waals surface area contributed by atoms with Crippen LogP contribution in [0.15, 0.2) is 48.5 Å². The van der Waals surface area contributed by atoms with E-state index in [2.05, 4.69) is 30.9 Å². The van der Waals surface area contributed by atoms with Gasteiger partial charge in [-0.15, -0.1) is 0 Å². The van der Waals surface area contributed by atoms with Crippen LogP contribution in [-0.2, 0) is 14.3 Å². The van der Waals surface area contributed by atoms with Crippen molar-refractivity contribution in [2.45, 2.75) is 80.6 Å². The Morgan fingerprint density at radius 1 is 0.949 bits per heavy atom. The zero-order valence-corrected chi connectivity index (χ0v) is 26.7. The maximum absolute atomic E-state index is 11.2. The molecule has 2 fully saturated rings. The van der Waals surface area contributed by atoms with Crippen LogP contribution in [0.1, 0.15) is 68.2 Å². The van der Waals surface area contributed by atoms with E-state index in [4.69, 9.17) is 37.4 Å². The molecule has 0 N–H and O–H groups in total. The van der Waals surface area contributed by atoms with E-state index in [1.165, 1.54) is 5.69 Å². The maximum atomic E-state index is 11.2. The molecule has 2 aliphatic rings. The summed E-state index contributed by atoms with van der Waals surface area (Å²) in [6, 6.07) is 15.2. The number of nitrogens with zero attached hydrogens (tertiary/aromatic N) is 2. The predicted molar refractivity (Wildman–Crippen MR) is 166 cm³/mol. The van der Waals surface area contributed by atoms with Crippen molar-refractivity contribution in [1.82, 2.24) is 4.90 Å². The summed E-state index contributed by atoms with van der Waals surface area (Å²) in [5, 5.41) is 1.36. The van der Waals surface area contributed by atoms with E-state index in [1.54, 1.807) is 25.1 Å². The van der Waals surface area contributed by atoms with Crippen LogP contribution in [0, 0.1) is 0 Å². The molecule has 2 aliphatic heterocycles. The van der Waals surface area contributed by atoms with E-state index in [9.17, 15) is 4.79 Å². The number of rotatable bonds is 4. The first-order chi connectivity index (χ1) is 18.8. The average molecular weight is 586 g/mol. The predicted octanol–water partition coefficient (Wildman–Crippen LogP) is 8.35. The van der Waals surface area contributed by atoms with Crippen molar-refractivity contribution >= 4 is 34.8 Å². The minimum absolute atomic E-state index is 0.0637. The zero-order valence-electron chi connectivity index (χ0n) is 25.2. The van der Waals surface area contributed by atoms with Crippen molar-refractivity contribution in [2.75, 3.05) is 44.3 Å². The summed E-state index contributed by atoms with van der Waals surface area (Å²) in [4.78, 5) is 15.4. The van der Waals surface area contributed by atoms with Crippen molar-refractivity contribution in [2.24, 2.45) is 0 Å². The number of benzene rings is 2. The van der Waals surface area contributed by atoms with Gasteiger partial charge in [0.1, 0.15) is 5.75 Å². The topological polar surface area (TPSA) is 51.2 Å². The first-order valence-electron chi connectivity index (χ1n) is 14.2. The lowest BCUT2D eigenvalue weighted by molar-refractivity contribution is -0.207. The molecule has 2 unspecified atom stereocenters. The molecule has 2 atom stereocenters. The Kier molecular flexibility index (Phi) is 21.6. The van der Waals surface area contributed by atoms with Gasteiger partial charge in [0, 0.05) is 48.8 Å². The molecule has 0 aromatic heterocycles. The summed E-state index contributed by atoms with van der Waals surface area (Å²) < 4.78 is 16.1. The van der Waals surface area contributed by atoms with Gasteiger partial charge in [0.05, 0.1) is 19.3 Å². The second kappa shape index (κ2) is 22.8. The number of anilines is 1. The van der Waals surface area contributed by atoms with Gasteiger partial charge in [0.25, 0.3) is 0 Å². The molecule has 0 bridgehead atoms. The first kappa shape index (κ1) is 37.0. The molecule has 2 heterocycles. The summed E-state index contributed by atoms with van der Waals surface area (Å²) in [5.74, 6) is 1.07. The molecule has 39 heavy (non-hydrogen) atoms. The fourth-order valence-corrected chi connectivity index (χ4v) is 4.04. The first-order valence-corrected chi connectivity index (χ1v) is 15.0. The third-order valence-electron chi connectivity index (χ3n) is 5.57. The van der Waals surface area contributed by atoms with E-state index in [1.807, 2.05) is 57.7 Å². The van der Waals surface area contributed by atoms with Gasteiger partial charge in [-0.05, 0) is 69.2 Å². The van der Waals surface area contributed by atoms with Crippen LogP contribution in [0.25, 0.3) is 0 Å². The van der Waals surface area contributed by atoms with Crippen LogP contribution < -0.4 is 9.64 Å². The van der Waals surface area contributed by atoms with E-state index in [0.717, 1.165) is 51.4 Å². The number of hydrogen-bond donors (Lipinski definition) is 0. The number of amides is 1. The maximum Gasteiger partial charge on any atom is 0.219 e. The lowest BCUT2D eigenvalue weighted by Gasteiger charge is -2.35. The van der Waals surface area contributed by atoms with Gasteiger partial charge in [-0.3, -0.25) is 4.79 Å². The number of carbonyl (C=O) groups is 1.